The van der Waals surface area contributed by atoms with Gasteiger partial charge in [-0.3, -0.25) is 14.4 Å². The molecule has 3 rings (SSSR count). The van der Waals surface area contributed by atoms with Crippen molar-refractivity contribution in [2.75, 3.05) is 4.31 Å². The molecule has 0 saturated carbocycles. The fraction of sp³-hybridized carbons (Fsp3) is 0.100. The SMILES string of the molecule is Cc1cccc(CN(c2cccc(Cl)c2)S(=O)(=O)c2cccc([N+](=O)[O-])c2)c1. The number of aryl methyl sites for hydroxylation is 1. The number of benzene rings is 3. The topological polar surface area (TPSA) is 80.5 Å². The predicted octanol–water partition coefficient (Wildman–Crippen LogP) is 4.95. The molecule has 0 aliphatic carbocycles. The van der Waals surface area contributed by atoms with Crippen molar-refractivity contribution >= 4 is 33.0 Å². The van der Waals surface area contributed by atoms with Gasteiger partial charge in [-0.15, -0.1) is 0 Å². The summed E-state index contributed by atoms with van der Waals surface area (Å²) in [6.07, 6.45) is 0. The molecule has 0 radical (unpaired) electrons. The monoisotopic (exact) mass is 416 g/mol. The van der Waals surface area contributed by atoms with Gasteiger partial charge in [0.15, 0.2) is 0 Å². The smallest absolute Gasteiger partial charge is 0.262 e. The summed E-state index contributed by atoms with van der Waals surface area (Å²) in [5, 5.41) is 11.5. The molecule has 3 aromatic rings. The Kier molecular flexibility index (Phi) is 5.67. The van der Waals surface area contributed by atoms with E-state index in [0.717, 1.165) is 17.2 Å². The number of nitro groups is 1. The second-order valence-electron chi connectivity index (χ2n) is 6.24. The molecule has 0 amide bonds. The zero-order valence-electron chi connectivity index (χ0n) is 14.9. The van der Waals surface area contributed by atoms with Gasteiger partial charge in [0.1, 0.15) is 0 Å². The van der Waals surface area contributed by atoms with Crippen molar-refractivity contribution < 1.29 is 13.3 Å². The van der Waals surface area contributed by atoms with Gasteiger partial charge in [-0.2, -0.15) is 0 Å². The van der Waals surface area contributed by atoms with Crippen molar-refractivity contribution in [3.05, 3.63) is 99.1 Å². The van der Waals surface area contributed by atoms with Crippen LogP contribution < -0.4 is 4.31 Å². The van der Waals surface area contributed by atoms with E-state index >= 15 is 0 Å². The van der Waals surface area contributed by atoms with E-state index in [1.807, 2.05) is 31.2 Å². The third-order valence-electron chi connectivity index (χ3n) is 4.12. The normalized spacial score (nSPS) is 11.2. The molecule has 3 aromatic carbocycles. The van der Waals surface area contributed by atoms with Gasteiger partial charge in [0.2, 0.25) is 0 Å². The molecule has 6 nitrogen and oxygen atoms in total. The Morgan fingerprint density at radius 3 is 2.39 bits per heavy atom. The lowest BCUT2D eigenvalue weighted by atomic mass is 10.1. The fourth-order valence-corrected chi connectivity index (χ4v) is 4.48. The third-order valence-corrected chi connectivity index (χ3v) is 6.13. The summed E-state index contributed by atoms with van der Waals surface area (Å²) in [4.78, 5) is 10.3. The van der Waals surface area contributed by atoms with E-state index in [1.165, 1.54) is 22.5 Å². The maximum atomic E-state index is 13.4. The minimum absolute atomic E-state index is 0.0625. The number of hydrogen-bond donors (Lipinski definition) is 0. The molecule has 0 N–H and O–H groups in total. The maximum Gasteiger partial charge on any atom is 0.270 e. The van der Waals surface area contributed by atoms with Gasteiger partial charge in [0.05, 0.1) is 22.1 Å². The van der Waals surface area contributed by atoms with E-state index in [9.17, 15) is 18.5 Å². The van der Waals surface area contributed by atoms with Gasteiger partial charge in [0.25, 0.3) is 15.7 Å². The Morgan fingerprint density at radius 2 is 1.71 bits per heavy atom. The Balaban J connectivity index is 2.12. The molecule has 144 valence electrons. The molecule has 0 fully saturated rings. The first-order valence-corrected chi connectivity index (χ1v) is 10.2. The van der Waals surface area contributed by atoms with Crippen LogP contribution in [0.4, 0.5) is 11.4 Å². The van der Waals surface area contributed by atoms with E-state index in [0.29, 0.717) is 10.7 Å². The molecule has 0 aromatic heterocycles. The average molecular weight is 417 g/mol. The lowest BCUT2D eigenvalue weighted by Crippen LogP contribution is -2.30. The second kappa shape index (κ2) is 8.00. The van der Waals surface area contributed by atoms with E-state index in [1.54, 1.807) is 24.3 Å². The maximum absolute atomic E-state index is 13.4. The zero-order chi connectivity index (χ0) is 20.3. The molecule has 0 aliphatic heterocycles. The van der Waals surface area contributed by atoms with Crippen molar-refractivity contribution in [3.8, 4) is 0 Å². The van der Waals surface area contributed by atoms with Crippen LogP contribution in [0.2, 0.25) is 5.02 Å². The minimum Gasteiger partial charge on any atom is -0.262 e. The summed E-state index contributed by atoms with van der Waals surface area (Å²) >= 11 is 6.07. The molecular formula is C20H17ClN2O4S. The standard InChI is InChI=1S/C20H17ClN2O4S/c1-15-5-2-6-16(11-15)14-22(18-8-3-7-17(21)12-18)28(26,27)20-10-4-9-19(13-20)23(24)25/h2-13H,14H2,1H3. The number of hydrogen-bond acceptors (Lipinski definition) is 4. The first kappa shape index (κ1) is 19.9. The van der Waals surface area contributed by atoms with Crippen molar-refractivity contribution in [2.45, 2.75) is 18.4 Å². The van der Waals surface area contributed by atoms with Crippen molar-refractivity contribution in [2.24, 2.45) is 0 Å². The van der Waals surface area contributed by atoms with Crippen LogP contribution in [0, 0.1) is 17.0 Å². The largest absolute Gasteiger partial charge is 0.270 e. The van der Waals surface area contributed by atoms with Crippen LogP contribution in [0.15, 0.2) is 77.7 Å². The third kappa shape index (κ3) is 4.32. The first-order chi connectivity index (χ1) is 13.3. The number of anilines is 1. The molecule has 0 unspecified atom stereocenters. The Morgan fingerprint density at radius 1 is 1.00 bits per heavy atom. The Bertz CT molecular complexity index is 1130. The highest BCUT2D eigenvalue weighted by molar-refractivity contribution is 7.92. The van der Waals surface area contributed by atoms with Crippen molar-refractivity contribution in [1.29, 1.82) is 0 Å². The van der Waals surface area contributed by atoms with Gasteiger partial charge in [-0.25, -0.2) is 8.42 Å². The minimum atomic E-state index is -4.07. The quantitative estimate of drug-likeness (QED) is 0.420. The van der Waals surface area contributed by atoms with Crippen LogP contribution in [0.25, 0.3) is 0 Å². The average Bonchev–Trinajstić information content (AvgIpc) is 2.66. The number of non-ortho nitro benzene ring substituents is 1. The molecule has 0 heterocycles. The van der Waals surface area contributed by atoms with Crippen LogP contribution in [0.3, 0.4) is 0 Å². The van der Waals surface area contributed by atoms with Crippen LogP contribution in [0.5, 0.6) is 0 Å². The van der Waals surface area contributed by atoms with E-state index in [4.69, 9.17) is 11.6 Å². The summed E-state index contributed by atoms with van der Waals surface area (Å²) in [5.41, 5.74) is 1.87. The highest BCUT2D eigenvalue weighted by atomic mass is 35.5. The Hall–Kier alpha value is -2.90. The van der Waals surface area contributed by atoms with Gasteiger partial charge in [0, 0.05) is 17.2 Å². The van der Waals surface area contributed by atoms with E-state index < -0.39 is 14.9 Å². The predicted molar refractivity (Wildman–Crippen MR) is 109 cm³/mol. The molecule has 0 atom stereocenters. The lowest BCUT2D eigenvalue weighted by molar-refractivity contribution is -0.385. The first-order valence-electron chi connectivity index (χ1n) is 8.36. The second-order valence-corrected chi connectivity index (χ2v) is 8.53. The van der Waals surface area contributed by atoms with Crippen LogP contribution in [-0.2, 0) is 16.6 Å². The summed E-state index contributed by atoms with van der Waals surface area (Å²) < 4.78 is 27.9. The summed E-state index contributed by atoms with van der Waals surface area (Å²) in [6.45, 7) is 1.98. The summed E-state index contributed by atoms with van der Waals surface area (Å²) in [6, 6.07) is 19.0. The van der Waals surface area contributed by atoms with Gasteiger partial charge < -0.3 is 0 Å². The highest BCUT2D eigenvalue weighted by Gasteiger charge is 2.27. The Labute approximate surface area is 168 Å². The number of sulfonamides is 1. The fourth-order valence-electron chi connectivity index (χ4n) is 2.81. The number of halogens is 1. The number of nitrogens with zero attached hydrogens (tertiary/aromatic N) is 2. The van der Waals surface area contributed by atoms with Crippen LogP contribution in [-0.4, -0.2) is 13.3 Å². The van der Waals surface area contributed by atoms with E-state index in [-0.39, 0.29) is 17.1 Å². The molecule has 28 heavy (non-hydrogen) atoms. The summed E-state index contributed by atoms with van der Waals surface area (Å²) in [7, 11) is -4.07. The van der Waals surface area contributed by atoms with Gasteiger partial charge in [-0.05, 0) is 36.8 Å². The van der Waals surface area contributed by atoms with Crippen molar-refractivity contribution in [3.63, 3.8) is 0 Å². The number of rotatable bonds is 6. The van der Waals surface area contributed by atoms with Crippen LogP contribution in [0.1, 0.15) is 11.1 Å². The van der Waals surface area contributed by atoms with Gasteiger partial charge >= 0.3 is 0 Å². The number of nitro benzene ring substituents is 1. The lowest BCUT2D eigenvalue weighted by Gasteiger charge is -2.25. The molecule has 0 bridgehead atoms. The molecule has 0 spiro atoms. The molecule has 8 heteroatoms. The van der Waals surface area contributed by atoms with Gasteiger partial charge in [-0.1, -0.05) is 53.6 Å². The van der Waals surface area contributed by atoms with Crippen molar-refractivity contribution in [1.82, 2.24) is 0 Å². The van der Waals surface area contributed by atoms with E-state index in [2.05, 4.69) is 0 Å². The van der Waals surface area contributed by atoms with Crippen LogP contribution >= 0.6 is 11.6 Å². The summed E-state index contributed by atoms with van der Waals surface area (Å²) in [5.74, 6) is 0. The molecular weight excluding hydrogens is 400 g/mol. The highest BCUT2D eigenvalue weighted by Crippen LogP contribution is 2.29. The molecule has 0 saturated heterocycles. The zero-order valence-corrected chi connectivity index (χ0v) is 16.5. The molecule has 0 aliphatic rings.